The Hall–Kier alpha value is -2.38. The van der Waals surface area contributed by atoms with Gasteiger partial charge in [-0.3, -0.25) is 19.7 Å². The Labute approximate surface area is 120 Å². The molecule has 1 aromatic heterocycles. The second kappa shape index (κ2) is 5.55. The summed E-state index contributed by atoms with van der Waals surface area (Å²) in [7, 11) is 0. The SMILES string of the molecule is CC1(C(=O)O)CCCCC1NC(=O)c1cc([N+](=O)[O-])c[nH]1. The van der Waals surface area contributed by atoms with Crippen molar-refractivity contribution in [2.45, 2.75) is 38.6 Å². The van der Waals surface area contributed by atoms with Crippen molar-refractivity contribution in [3.63, 3.8) is 0 Å². The van der Waals surface area contributed by atoms with Gasteiger partial charge in [-0.25, -0.2) is 0 Å². The van der Waals surface area contributed by atoms with Crippen LogP contribution in [0.15, 0.2) is 12.3 Å². The number of aromatic nitrogens is 1. The fourth-order valence-electron chi connectivity index (χ4n) is 2.68. The highest BCUT2D eigenvalue weighted by molar-refractivity contribution is 5.93. The number of carbonyl (C=O) groups is 2. The van der Waals surface area contributed by atoms with Crippen LogP contribution in [0.3, 0.4) is 0 Å². The van der Waals surface area contributed by atoms with E-state index in [-0.39, 0.29) is 11.4 Å². The molecule has 1 aromatic rings. The maximum atomic E-state index is 12.1. The normalized spacial score (nSPS) is 25.3. The highest BCUT2D eigenvalue weighted by Gasteiger charge is 2.44. The number of nitrogens with zero attached hydrogens (tertiary/aromatic N) is 1. The van der Waals surface area contributed by atoms with Gasteiger partial charge in [0.05, 0.1) is 16.5 Å². The Morgan fingerprint density at radius 3 is 2.81 bits per heavy atom. The number of nitro groups is 1. The summed E-state index contributed by atoms with van der Waals surface area (Å²) in [5.74, 6) is -1.47. The van der Waals surface area contributed by atoms with Gasteiger partial charge in [-0.15, -0.1) is 0 Å². The minimum absolute atomic E-state index is 0.0556. The van der Waals surface area contributed by atoms with E-state index in [4.69, 9.17) is 0 Å². The van der Waals surface area contributed by atoms with Crippen molar-refractivity contribution < 1.29 is 19.6 Å². The van der Waals surface area contributed by atoms with Gasteiger partial charge in [0.15, 0.2) is 0 Å². The van der Waals surface area contributed by atoms with Crippen molar-refractivity contribution in [1.82, 2.24) is 10.3 Å². The minimum atomic E-state index is -1.01. The molecule has 1 aliphatic rings. The molecular formula is C13H17N3O5. The molecule has 2 rings (SSSR count). The molecule has 1 heterocycles. The number of rotatable bonds is 4. The highest BCUT2D eigenvalue weighted by Crippen LogP contribution is 2.36. The van der Waals surface area contributed by atoms with Crippen molar-refractivity contribution >= 4 is 17.6 Å². The maximum Gasteiger partial charge on any atom is 0.311 e. The van der Waals surface area contributed by atoms with Gasteiger partial charge in [-0.1, -0.05) is 12.8 Å². The summed E-state index contributed by atoms with van der Waals surface area (Å²) >= 11 is 0. The number of carboxylic acids is 1. The van der Waals surface area contributed by atoms with E-state index in [1.165, 1.54) is 0 Å². The summed E-state index contributed by atoms with van der Waals surface area (Å²) in [6, 6.07) is 0.648. The highest BCUT2D eigenvalue weighted by atomic mass is 16.6. The lowest BCUT2D eigenvalue weighted by atomic mass is 9.71. The average Bonchev–Trinajstić information content (AvgIpc) is 2.91. The number of nitrogens with one attached hydrogen (secondary N) is 2. The largest absolute Gasteiger partial charge is 0.481 e. The summed E-state index contributed by atoms with van der Waals surface area (Å²) in [4.78, 5) is 36.1. The van der Waals surface area contributed by atoms with Gasteiger partial charge in [-0.05, 0) is 19.8 Å². The summed E-state index contributed by atoms with van der Waals surface area (Å²) in [6.45, 7) is 1.62. The number of hydrogen-bond donors (Lipinski definition) is 3. The Kier molecular flexibility index (Phi) is 3.97. The summed E-state index contributed by atoms with van der Waals surface area (Å²) < 4.78 is 0. The van der Waals surface area contributed by atoms with Gasteiger partial charge in [0.25, 0.3) is 11.6 Å². The zero-order chi connectivity index (χ0) is 15.6. The van der Waals surface area contributed by atoms with Gasteiger partial charge in [0.1, 0.15) is 5.69 Å². The van der Waals surface area contributed by atoms with Crippen molar-refractivity contribution in [1.29, 1.82) is 0 Å². The molecule has 1 aliphatic carbocycles. The molecule has 8 heteroatoms. The molecule has 3 N–H and O–H groups in total. The van der Waals surface area contributed by atoms with E-state index in [9.17, 15) is 24.8 Å². The first kappa shape index (κ1) is 15.0. The van der Waals surface area contributed by atoms with Crippen LogP contribution in [0.4, 0.5) is 5.69 Å². The Bertz CT molecular complexity index is 582. The van der Waals surface area contributed by atoms with Crippen LogP contribution in [0, 0.1) is 15.5 Å². The summed E-state index contributed by atoms with van der Waals surface area (Å²) in [5.41, 5.74) is -1.16. The third-order valence-corrected chi connectivity index (χ3v) is 4.13. The van der Waals surface area contributed by atoms with Crippen LogP contribution >= 0.6 is 0 Å². The fourth-order valence-corrected chi connectivity index (χ4v) is 2.68. The number of carbonyl (C=O) groups excluding carboxylic acids is 1. The lowest BCUT2D eigenvalue weighted by Gasteiger charge is -2.38. The quantitative estimate of drug-likeness (QED) is 0.575. The molecule has 2 atom stereocenters. The smallest absolute Gasteiger partial charge is 0.311 e. The van der Waals surface area contributed by atoms with Crippen molar-refractivity contribution in [2.75, 3.05) is 0 Å². The first-order valence-electron chi connectivity index (χ1n) is 6.71. The standard InChI is InChI=1S/C13H17N3O5/c1-13(12(18)19)5-3-2-4-10(13)15-11(17)9-6-8(7-14-9)16(20)21/h6-7,10,14H,2-5H2,1H3,(H,15,17)(H,18,19). The van der Waals surface area contributed by atoms with Gasteiger partial charge in [-0.2, -0.15) is 0 Å². The molecule has 114 valence electrons. The second-order valence-electron chi connectivity index (χ2n) is 5.52. The number of H-pyrrole nitrogens is 1. The van der Waals surface area contributed by atoms with Gasteiger partial charge in [0.2, 0.25) is 0 Å². The topological polar surface area (TPSA) is 125 Å². The molecule has 1 saturated carbocycles. The van der Waals surface area contributed by atoms with Crippen molar-refractivity contribution in [2.24, 2.45) is 5.41 Å². The van der Waals surface area contributed by atoms with E-state index >= 15 is 0 Å². The van der Waals surface area contributed by atoms with Gasteiger partial charge < -0.3 is 15.4 Å². The lowest BCUT2D eigenvalue weighted by molar-refractivity contribution is -0.384. The molecule has 2 unspecified atom stereocenters. The first-order valence-corrected chi connectivity index (χ1v) is 6.71. The minimum Gasteiger partial charge on any atom is -0.481 e. The molecule has 21 heavy (non-hydrogen) atoms. The van der Waals surface area contributed by atoms with Crippen LogP contribution in [-0.2, 0) is 4.79 Å². The third-order valence-electron chi connectivity index (χ3n) is 4.13. The first-order chi connectivity index (χ1) is 9.84. The third kappa shape index (κ3) is 2.88. The Morgan fingerprint density at radius 1 is 1.52 bits per heavy atom. The average molecular weight is 295 g/mol. The molecule has 0 aromatic carbocycles. The van der Waals surface area contributed by atoms with Crippen LogP contribution in [0.1, 0.15) is 43.1 Å². The molecule has 0 aliphatic heterocycles. The molecule has 0 spiro atoms. The Morgan fingerprint density at radius 2 is 2.24 bits per heavy atom. The molecule has 8 nitrogen and oxygen atoms in total. The predicted molar refractivity (Wildman–Crippen MR) is 72.9 cm³/mol. The van der Waals surface area contributed by atoms with E-state index in [0.29, 0.717) is 12.8 Å². The van der Waals surface area contributed by atoms with E-state index in [1.54, 1.807) is 6.92 Å². The Balaban J connectivity index is 2.13. The van der Waals surface area contributed by atoms with E-state index in [1.807, 2.05) is 0 Å². The van der Waals surface area contributed by atoms with E-state index in [2.05, 4.69) is 10.3 Å². The fraction of sp³-hybridized carbons (Fsp3) is 0.538. The molecule has 0 saturated heterocycles. The number of hydrogen-bond acceptors (Lipinski definition) is 4. The van der Waals surface area contributed by atoms with Crippen LogP contribution < -0.4 is 5.32 Å². The number of aromatic amines is 1. The summed E-state index contributed by atoms with van der Waals surface area (Å²) in [5, 5.41) is 22.7. The van der Waals surface area contributed by atoms with E-state index < -0.39 is 28.3 Å². The molecule has 0 bridgehead atoms. The predicted octanol–water partition coefficient (Wildman–Crippen LogP) is 1.69. The van der Waals surface area contributed by atoms with Gasteiger partial charge >= 0.3 is 5.97 Å². The molecule has 1 fully saturated rings. The maximum absolute atomic E-state index is 12.1. The van der Waals surface area contributed by atoms with E-state index in [0.717, 1.165) is 25.1 Å². The number of amides is 1. The van der Waals surface area contributed by atoms with Crippen molar-refractivity contribution in [3.8, 4) is 0 Å². The van der Waals surface area contributed by atoms with Crippen LogP contribution in [0.2, 0.25) is 0 Å². The van der Waals surface area contributed by atoms with Gasteiger partial charge in [0, 0.05) is 12.1 Å². The van der Waals surface area contributed by atoms with Crippen molar-refractivity contribution in [3.05, 3.63) is 28.1 Å². The lowest BCUT2D eigenvalue weighted by Crippen LogP contribution is -2.52. The van der Waals surface area contributed by atoms with Crippen LogP contribution in [0.5, 0.6) is 0 Å². The molecule has 0 radical (unpaired) electrons. The molecule has 1 amide bonds. The molecular weight excluding hydrogens is 278 g/mol. The second-order valence-corrected chi connectivity index (χ2v) is 5.52. The monoisotopic (exact) mass is 295 g/mol. The zero-order valence-electron chi connectivity index (χ0n) is 11.6. The van der Waals surface area contributed by atoms with Crippen LogP contribution in [0.25, 0.3) is 0 Å². The summed E-state index contributed by atoms with van der Waals surface area (Å²) in [6.07, 6.45) is 3.86. The number of aliphatic carboxylic acids is 1. The zero-order valence-corrected chi connectivity index (χ0v) is 11.6. The number of carboxylic acid groups (broad SMARTS) is 1. The van der Waals surface area contributed by atoms with Crippen LogP contribution in [-0.4, -0.2) is 32.9 Å².